The molecule has 0 fully saturated rings. The third-order valence-electron chi connectivity index (χ3n) is 1.07. The molecule has 0 aliphatic heterocycles. The summed E-state index contributed by atoms with van der Waals surface area (Å²) in [4.78, 5) is 0.315. The summed E-state index contributed by atoms with van der Waals surface area (Å²) in [6.07, 6.45) is -4.29. The van der Waals surface area contributed by atoms with Gasteiger partial charge in [-0.2, -0.15) is 0 Å². The molecule has 0 saturated heterocycles. The molecule has 4 heteroatoms. The van der Waals surface area contributed by atoms with Gasteiger partial charge in [0, 0.05) is 4.88 Å². The van der Waals surface area contributed by atoms with E-state index >= 15 is 0 Å². The van der Waals surface area contributed by atoms with Crippen molar-refractivity contribution in [3.8, 4) is 0 Å². The van der Waals surface area contributed by atoms with E-state index in [-0.39, 0.29) is 0 Å². The van der Waals surface area contributed by atoms with Crippen molar-refractivity contribution in [2.24, 2.45) is 0 Å². The van der Waals surface area contributed by atoms with Crippen LogP contribution in [0.4, 0.5) is 8.78 Å². The molecule has 1 N–H and O–H groups in total. The Labute approximate surface area is 60.9 Å². The topological polar surface area (TPSA) is 20.2 Å². The third-order valence-corrected chi connectivity index (χ3v) is 2.02. The maximum absolute atomic E-state index is 11.7. The van der Waals surface area contributed by atoms with Crippen molar-refractivity contribution < 1.29 is 13.9 Å². The number of thiophene rings is 1. The van der Waals surface area contributed by atoms with Gasteiger partial charge in [0.1, 0.15) is 6.10 Å². The van der Waals surface area contributed by atoms with Gasteiger partial charge in [0.25, 0.3) is 6.43 Å². The quantitative estimate of drug-likeness (QED) is 0.709. The highest BCUT2D eigenvalue weighted by Gasteiger charge is 2.19. The van der Waals surface area contributed by atoms with Crippen molar-refractivity contribution in [1.29, 1.82) is 0 Å². The maximum Gasteiger partial charge on any atom is 0.268 e. The molecule has 56 valence electrons. The van der Waals surface area contributed by atoms with Gasteiger partial charge < -0.3 is 5.11 Å². The van der Waals surface area contributed by atoms with E-state index in [1.807, 2.05) is 0 Å². The van der Waals surface area contributed by atoms with E-state index in [2.05, 4.69) is 0 Å². The largest absolute Gasteiger partial charge is 0.382 e. The number of aliphatic hydroxyl groups excluding tert-OH is 1. The predicted octanol–water partition coefficient (Wildman–Crippen LogP) is 2.05. The second-order valence-electron chi connectivity index (χ2n) is 1.79. The number of alkyl halides is 2. The summed E-state index contributed by atoms with van der Waals surface area (Å²) >= 11 is 1.13. The molecule has 1 unspecified atom stereocenters. The third kappa shape index (κ3) is 1.52. The molecule has 0 radical (unpaired) electrons. The zero-order valence-corrected chi connectivity index (χ0v) is 5.81. The Bertz CT molecular complexity index is 186. The molecule has 0 aliphatic rings. The summed E-state index contributed by atoms with van der Waals surface area (Å²) in [5.41, 5.74) is 0. The Balaban J connectivity index is 2.68. The van der Waals surface area contributed by atoms with E-state index in [1.165, 1.54) is 6.07 Å². The van der Waals surface area contributed by atoms with Crippen LogP contribution >= 0.6 is 11.3 Å². The highest BCUT2D eigenvalue weighted by atomic mass is 32.1. The van der Waals surface area contributed by atoms with Crippen LogP contribution in [0.2, 0.25) is 0 Å². The highest BCUT2D eigenvalue weighted by Crippen LogP contribution is 2.23. The van der Waals surface area contributed by atoms with Crippen LogP contribution < -0.4 is 0 Å². The van der Waals surface area contributed by atoms with Crippen LogP contribution in [0.25, 0.3) is 0 Å². The van der Waals surface area contributed by atoms with Crippen LogP contribution in [0, 0.1) is 0 Å². The van der Waals surface area contributed by atoms with Crippen LogP contribution in [0.5, 0.6) is 0 Å². The molecule has 10 heavy (non-hydrogen) atoms. The Kier molecular flexibility index (Phi) is 2.34. The molecule has 0 saturated carbocycles. The average Bonchev–Trinajstić information content (AvgIpc) is 2.36. The van der Waals surface area contributed by atoms with Crippen LogP contribution in [-0.4, -0.2) is 11.5 Å². The Morgan fingerprint density at radius 2 is 2.20 bits per heavy atom. The van der Waals surface area contributed by atoms with Crippen molar-refractivity contribution in [1.82, 2.24) is 0 Å². The summed E-state index contributed by atoms with van der Waals surface area (Å²) in [7, 11) is 0. The monoisotopic (exact) mass is 164 g/mol. The predicted molar refractivity (Wildman–Crippen MR) is 35.3 cm³/mol. The summed E-state index contributed by atoms with van der Waals surface area (Å²) in [5.74, 6) is 0. The lowest BCUT2D eigenvalue weighted by molar-refractivity contribution is -0.00369. The summed E-state index contributed by atoms with van der Waals surface area (Å²) in [5, 5.41) is 10.4. The first kappa shape index (κ1) is 7.63. The molecule has 1 aromatic heterocycles. The lowest BCUT2D eigenvalue weighted by atomic mass is 10.3. The molecule has 1 nitrogen and oxygen atoms in total. The lowest BCUT2D eigenvalue weighted by Gasteiger charge is -2.04. The van der Waals surface area contributed by atoms with Crippen molar-refractivity contribution in [3.05, 3.63) is 22.4 Å². The Hall–Kier alpha value is -0.480. The maximum atomic E-state index is 11.7. The number of halogens is 2. The van der Waals surface area contributed by atoms with Gasteiger partial charge in [-0.05, 0) is 11.4 Å². The molecule has 1 rings (SSSR count). The van der Waals surface area contributed by atoms with Gasteiger partial charge in [-0.15, -0.1) is 11.3 Å². The Morgan fingerprint density at radius 3 is 2.60 bits per heavy atom. The van der Waals surface area contributed by atoms with Crippen molar-refractivity contribution >= 4 is 11.3 Å². The fraction of sp³-hybridized carbons (Fsp3) is 0.333. The van der Waals surface area contributed by atoms with Gasteiger partial charge in [-0.25, -0.2) is 8.78 Å². The van der Waals surface area contributed by atoms with Crippen molar-refractivity contribution in [2.75, 3.05) is 0 Å². The van der Waals surface area contributed by atoms with E-state index < -0.39 is 12.5 Å². The first-order valence-corrected chi connectivity index (χ1v) is 3.59. The smallest absolute Gasteiger partial charge is 0.268 e. The SMILES string of the molecule is OC(c1cccs1)C(F)F. The van der Waals surface area contributed by atoms with Crippen molar-refractivity contribution in [3.63, 3.8) is 0 Å². The molecule has 1 heterocycles. The van der Waals surface area contributed by atoms with E-state index in [9.17, 15) is 8.78 Å². The molecule has 1 aromatic rings. The van der Waals surface area contributed by atoms with E-state index in [4.69, 9.17) is 5.11 Å². The fourth-order valence-corrected chi connectivity index (χ4v) is 1.30. The minimum absolute atomic E-state index is 0.315. The zero-order valence-electron chi connectivity index (χ0n) is 5.00. The molecule has 0 aromatic carbocycles. The van der Waals surface area contributed by atoms with Gasteiger partial charge in [-0.3, -0.25) is 0 Å². The van der Waals surface area contributed by atoms with Crippen molar-refractivity contribution in [2.45, 2.75) is 12.5 Å². The molecule has 0 bridgehead atoms. The van der Waals surface area contributed by atoms with E-state index in [0.717, 1.165) is 11.3 Å². The first-order chi connectivity index (χ1) is 4.72. The number of hydrogen-bond acceptors (Lipinski definition) is 2. The minimum atomic E-state index is -2.68. The van der Waals surface area contributed by atoms with Gasteiger partial charge in [-0.1, -0.05) is 6.07 Å². The molecular formula is C6H6F2OS. The zero-order chi connectivity index (χ0) is 7.56. The lowest BCUT2D eigenvalue weighted by Crippen LogP contribution is -2.05. The van der Waals surface area contributed by atoms with E-state index in [0.29, 0.717) is 4.88 Å². The van der Waals surface area contributed by atoms with Gasteiger partial charge in [0.2, 0.25) is 0 Å². The summed E-state index contributed by atoms with van der Waals surface area (Å²) < 4.78 is 23.5. The van der Waals surface area contributed by atoms with Crippen LogP contribution in [0.1, 0.15) is 11.0 Å². The summed E-state index contributed by atoms with van der Waals surface area (Å²) in [6, 6.07) is 3.12. The molecular weight excluding hydrogens is 158 g/mol. The second kappa shape index (κ2) is 3.07. The standard InChI is InChI=1S/C6H6F2OS/c7-6(8)5(9)4-2-1-3-10-4/h1-3,5-6,9H. The summed E-state index contributed by atoms with van der Waals surface area (Å²) in [6.45, 7) is 0. The van der Waals surface area contributed by atoms with Gasteiger partial charge in [0.15, 0.2) is 0 Å². The number of aliphatic hydroxyl groups is 1. The van der Waals surface area contributed by atoms with Crippen LogP contribution in [0.3, 0.4) is 0 Å². The Morgan fingerprint density at radius 1 is 1.50 bits per heavy atom. The van der Waals surface area contributed by atoms with Gasteiger partial charge >= 0.3 is 0 Å². The molecule has 1 atom stereocenters. The first-order valence-electron chi connectivity index (χ1n) is 2.71. The normalized spacial score (nSPS) is 14.0. The van der Waals surface area contributed by atoms with E-state index in [1.54, 1.807) is 11.4 Å². The highest BCUT2D eigenvalue weighted by molar-refractivity contribution is 7.10. The molecule has 0 amide bonds. The van der Waals surface area contributed by atoms with Crippen LogP contribution in [0.15, 0.2) is 17.5 Å². The van der Waals surface area contributed by atoms with Crippen LogP contribution in [-0.2, 0) is 0 Å². The molecule has 0 spiro atoms. The number of hydrogen-bond donors (Lipinski definition) is 1. The minimum Gasteiger partial charge on any atom is -0.382 e. The van der Waals surface area contributed by atoms with Gasteiger partial charge in [0.05, 0.1) is 0 Å². The second-order valence-corrected chi connectivity index (χ2v) is 2.77. The fourth-order valence-electron chi connectivity index (χ4n) is 0.584. The average molecular weight is 164 g/mol. The molecule has 0 aliphatic carbocycles. The number of rotatable bonds is 2.